The molecule has 0 radical (unpaired) electrons. The second-order valence-electron chi connectivity index (χ2n) is 6.69. The van der Waals surface area contributed by atoms with Gasteiger partial charge in [-0.25, -0.2) is 4.68 Å². The molecule has 0 spiro atoms. The van der Waals surface area contributed by atoms with E-state index in [1.807, 2.05) is 31.2 Å². The summed E-state index contributed by atoms with van der Waals surface area (Å²) in [6, 6.07) is 14.6. The van der Waals surface area contributed by atoms with E-state index in [0.29, 0.717) is 29.5 Å². The molecule has 0 fully saturated rings. The molecule has 0 saturated heterocycles. The SMILES string of the molecule is CCOc1ccc(-c2ccc(=O)n(C(C)C(=O)Nc3ccc(OC)c(OC)c3)n2)cc1. The van der Waals surface area contributed by atoms with Crippen LogP contribution in [-0.2, 0) is 4.79 Å². The van der Waals surface area contributed by atoms with Gasteiger partial charge in [-0.1, -0.05) is 0 Å². The van der Waals surface area contributed by atoms with Crippen LogP contribution in [0.3, 0.4) is 0 Å². The van der Waals surface area contributed by atoms with Crippen molar-refractivity contribution in [2.45, 2.75) is 19.9 Å². The molecule has 1 unspecified atom stereocenters. The third-order valence-electron chi connectivity index (χ3n) is 4.68. The first-order chi connectivity index (χ1) is 15.0. The van der Waals surface area contributed by atoms with Gasteiger partial charge in [0.05, 0.1) is 26.5 Å². The molecule has 31 heavy (non-hydrogen) atoms. The summed E-state index contributed by atoms with van der Waals surface area (Å²) in [5.74, 6) is 1.41. The number of nitrogens with zero attached hydrogens (tertiary/aromatic N) is 2. The standard InChI is InChI=1S/C23H25N3O5/c1-5-31-18-9-6-16(7-10-18)19-11-13-22(27)26(25-19)15(2)23(28)24-17-8-12-20(29-3)21(14-17)30-4/h6-15H,5H2,1-4H3,(H,24,28). The van der Waals surface area contributed by atoms with E-state index in [-0.39, 0.29) is 11.5 Å². The maximum Gasteiger partial charge on any atom is 0.267 e. The van der Waals surface area contributed by atoms with Crippen molar-refractivity contribution in [2.24, 2.45) is 0 Å². The van der Waals surface area contributed by atoms with Crippen LogP contribution in [0.15, 0.2) is 59.4 Å². The molecule has 0 saturated carbocycles. The predicted octanol–water partition coefficient (Wildman–Crippen LogP) is 3.53. The van der Waals surface area contributed by atoms with Crippen LogP contribution < -0.4 is 25.1 Å². The number of nitrogens with one attached hydrogen (secondary N) is 1. The Hall–Kier alpha value is -3.81. The van der Waals surface area contributed by atoms with Crippen molar-refractivity contribution < 1.29 is 19.0 Å². The number of hydrogen-bond acceptors (Lipinski definition) is 6. The zero-order valence-corrected chi connectivity index (χ0v) is 17.9. The number of hydrogen-bond donors (Lipinski definition) is 1. The highest BCUT2D eigenvalue weighted by Gasteiger charge is 2.19. The summed E-state index contributed by atoms with van der Waals surface area (Å²) < 4.78 is 17.1. The van der Waals surface area contributed by atoms with E-state index in [4.69, 9.17) is 14.2 Å². The molecule has 8 nitrogen and oxygen atoms in total. The molecule has 1 N–H and O–H groups in total. The highest BCUT2D eigenvalue weighted by atomic mass is 16.5. The van der Waals surface area contributed by atoms with Gasteiger partial charge in [0.15, 0.2) is 11.5 Å². The lowest BCUT2D eigenvalue weighted by Gasteiger charge is -2.16. The van der Waals surface area contributed by atoms with Crippen LogP contribution in [0.2, 0.25) is 0 Å². The van der Waals surface area contributed by atoms with Crippen LogP contribution in [0, 0.1) is 0 Å². The smallest absolute Gasteiger partial charge is 0.267 e. The van der Waals surface area contributed by atoms with Crippen molar-refractivity contribution in [3.05, 3.63) is 65.0 Å². The van der Waals surface area contributed by atoms with E-state index in [2.05, 4.69) is 10.4 Å². The van der Waals surface area contributed by atoms with Gasteiger partial charge in [-0.15, -0.1) is 0 Å². The summed E-state index contributed by atoms with van der Waals surface area (Å²) in [5.41, 5.74) is 1.54. The maximum atomic E-state index is 12.8. The monoisotopic (exact) mass is 423 g/mol. The lowest BCUT2D eigenvalue weighted by Crippen LogP contribution is -2.33. The number of methoxy groups -OCH3 is 2. The number of carbonyl (C=O) groups is 1. The molecule has 2 aromatic carbocycles. The third-order valence-corrected chi connectivity index (χ3v) is 4.68. The van der Waals surface area contributed by atoms with Crippen molar-refractivity contribution in [3.63, 3.8) is 0 Å². The lowest BCUT2D eigenvalue weighted by atomic mass is 10.1. The maximum absolute atomic E-state index is 12.8. The predicted molar refractivity (Wildman–Crippen MR) is 118 cm³/mol. The van der Waals surface area contributed by atoms with Crippen LogP contribution in [0.1, 0.15) is 19.9 Å². The fourth-order valence-electron chi connectivity index (χ4n) is 3.02. The molecule has 8 heteroatoms. The molecule has 162 valence electrons. The van der Waals surface area contributed by atoms with E-state index < -0.39 is 6.04 Å². The topological polar surface area (TPSA) is 91.7 Å². The minimum atomic E-state index is -0.830. The summed E-state index contributed by atoms with van der Waals surface area (Å²) in [7, 11) is 3.05. The fraction of sp³-hybridized carbons (Fsp3) is 0.261. The van der Waals surface area contributed by atoms with Crippen LogP contribution in [0.4, 0.5) is 5.69 Å². The second-order valence-corrected chi connectivity index (χ2v) is 6.69. The van der Waals surface area contributed by atoms with Gasteiger partial charge in [-0.2, -0.15) is 5.10 Å². The van der Waals surface area contributed by atoms with E-state index in [9.17, 15) is 9.59 Å². The molecule has 3 aromatic rings. The number of anilines is 1. The molecule has 1 atom stereocenters. The van der Waals surface area contributed by atoms with E-state index >= 15 is 0 Å². The Morgan fingerprint density at radius 2 is 1.74 bits per heavy atom. The summed E-state index contributed by atoms with van der Waals surface area (Å²) >= 11 is 0. The highest BCUT2D eigenvalue weighted by molar-refractivity contribution is 5.93. The Labute approximate surface area is 180 Å². The van der Waals surface area contributed by atoms with Crippen molar-refractivity contribution in [1.29, 1.82) is 0 Å². The van der Waals surface area contributed by atoms with Crippen LogP contribution >= 0.6 is 0 Å². The van der Waals surface area contributed by atoms with Gasteiger partial charge in [0.1, 0.15) is 11.8 Å². The Bertz CT molecular complexity index is 1110. The summed E-state index contributed by atoms with van der Waals surface area (Å²) in [6.07, 6.45) is 0. The number of rotatable bonds is 8. The molecule has 3 rings (SSSR count). The number of aromatic nitrogens is 2. The number of benzene rings is 2. The minimum absolute atomic E-state index is 0.371. The van der Waals surface area contributed by atoms with Gasteiger partial charge in [-0.05, 0) is 56.3 Å². The second kappa shape index (κ2) is 9.80. The zero-order valence-electron chi connectivity index (χ0n) is 17.9. The van der Waals surface area contributed by atoms with Crippen molar-refractivity contribution in [3.8, 4) is 28.5 Å². The van der Waals surface area contributed by atoms with E-state index in [1.165, 1.54) is 25.0 Å². The first-order valence-electron chi connectivity index (χ1n) is 9.82. The fourth-order valence-corrected chi connectivity index (χ4v) is 3.02. The largest absolute Gasteiger partial charge is 0.494 e. The quantitative estimate of drug-likeness (QED) is 0.596. The Kier molecular flexibility index (Phi) is 6.92. The zero-order chi connectivity index (χ0) is 22.4. The molecule has 0 bridgehead atoms. The molecule has 0 aliphatic rings. The summed E-state index contributed by atoms with van der Waals surface area (Å²) in [4.78, 5) is 25.2. The molecule has 1 aromatic heterocycles. The third kappa shape index (κ3) is 5.03. The molecular weight excluding hydrogens is 398 g/mol. The molecule has 0 aliphatic carbocycles. The molecule has 1 heterocycles. The van der Waals surface area contributed by atoms with Crippen LogP contribution in [0.5, 0.6) is 17.2 Å². The van der Waals surface area contributed by atoms with Gasteiger partial charge in [0.25, 0.3) is 5.56 Å². The Morgan fingerprint density at radius 1 is 1.03 bits per heavy atom. The molecule has 1 amide bonds. The van der Waals surface area contributed by atoms with Crippen molar-refractivity contribution in [1.82, 2.24) is 9.78 Å². The van der Waals surface area contributed by atoms with E-state index in [0.717, 1.165) is 11.3 Å². The van der Waals surface area contributed by atoms with Gasteiger partial charge in [0.2, 0.25) is 5.91 Å². The first kappa shape index (κ1) is 21.9. The number of amides is 1. The van der Waals surface area contributed by atoms with Crippen LogP contribution in [0.25, 0.3) is 11.3 Å². The average Bonchev–Trinajstić information content (AvgIpc) is 2.79. The molecular formula is C23H25N3O5. The van der Waals surface area contributed by atoms with Gasteiger partial charge in [0, 0.05) is 23.4 Å². The van der Waals surface area contributed by atoms with Gasteiger partial charge in [-0.3, -0.25) is 9.59 Å². The van der Waals surface area contributed by atoms with E-state index in [1.54, 1.807) is 31.2 Å². The van der Waals surface area contributed by atoms with Crippen LogP contribution in [-0.4, -0.2) is 36.5 Å². The van der Waals surface area contributed by atoms with Gasteiger partial charge >= 0.3 is 0 Å². The molecule has 0 aliphatic heterocycles. The van der Waals surface area contributed by atoms with Gasteiger partial charge < -0.3 is 19.5 Å². The van der Waals surface area contributed by atoms with Crippen molar-refractivity contribution >= 4 is 11.6 Å². The highest BCUT2D eigenvalue weighted by Crippen LogP contribution is 2.30. The Morgan fingerprint density at radius 3 is 2.39 bits per heavy atom. The summed E-state index contributed by atoms with van der Waals surface area (Å²) in [5, 5.41) is 7.18. The first-order valence-corrected chi connectivity index (χ1v) is 9.82. The lowest BCUT2D eigenvalue weighted by molar-refractivity contribution is -0.119. The summed E-state index contributed by atoms with van der Waals surface area (Å²) in [6.45, 7) is 4.11. The average molecular weight is 423 g/mol. The number of ether oxygens (including phenoxy) is 3. The van der Waals surface area contributed by atoms with Crippen molar-refractivity contribution in [2.75, 3.05) is 26.1 Å². The Balaban J connectivity index is 1.82. The normalized spacial score (nSPS) is 11.5. The minimum Gasteiger partial charge on any atom is -0.494 e. The number of carbonyl (C=O) groups excluding carboxylic acids is 1.